The quantitative estimate of drug-likeness (QED) is 0.869. The molecule has 3 heteroatoms. The molecule has 1 heterocycles. The van der Waals surface area contributed by atoms with Crippen LogP contribution in [0.5, 0.6) is 5.75 Å². The molecular formula is C15H23NO2. The molecule has 0 amide bonds. The predicted molar refractivity (Wildman–Crippen MR) is 73.0 cm³/mol. The molecule has 3 nitrogen and oxygen atoms in total. The monoisotopic (exact) mass is 249 g/mol. The first-order chi connectivity index (χ1) is 8.85. The summed E-state index contributed by atoms with van der Waals surface area (Å²) in [5, 5.41) is 3.47. The molecule has 0 spiro atoms. The first kappa shape index (κ1) is 13.4. The van der Waals surface area contributed by atoms with Crippen molar-refractivity contribution in [2.75, 3.05) is 27.3 Å². The fourth-order valence-corrected chi connectivity index (χ4v) is 2.71. The summed E-state index contributed by atoms with van der Waals surface area (Å²) in [7, 11) is 3.49. The van der Waals surface area contributed by atoms with E-state index in [-0.39, 0.29) is 0 Å². The van der Waals surface area contributed by atoms with Gasteiger partial charge in [0.2, 0.25) is 0 Å². The number of methoxy groups -OCH3 is 2. The molecule has 0 aromatic heterocycles. The molecule has 1 saturated heterocycles. The Kier molecular flexibility index (Phi) is 5.02. The van der Waals surface area contributed by atoms with Gasteiger partial charge in [-0.2, -0.15) is 0 Å². The van der Waals surface area contributed by atoms with Crippen LogP contribution in [0.1, 0.15) is 24.0 Å². The van der Waals surface area contributed by atoms with Gasteiger partial charge in [-0.25, -0.2) is 0 Å². The summed E-state index contributed by atoms with van der Waals surface area (Å²) in [6.07, 6.45) is 3.66. The number of nitrogens with one attached hydrogen (secondary N) is 1. The molecule has 0 radical (unpaired) electrons. The van der Waals surface area contributed by atoms with Crippen LogP contribution in [0, 0.1) is 5.92 Å². The van der Waals surface area contributed by atoms with Gasteiger partial charge in [0, 0.05) is 7.11 Å². The van der Waals surface area contributed by atoms with Crippen molar-refractivity contribution in [2.45, 2.75) is 25.9 Å². The summed E-state index contributed by atoms with van der Waals surface area (Å²) < 4.78 is 10.8. The van der Waals surface area contributed by atoms with Crippen molar-refractivity contribution < 1.29 is 9.47 Å². The topological polar surface area (TPSA) is 30.5 Å². The standard InChI is InChI=1S/C15H23NO2/c1-17-11-13-6-3-7-15(18-2)14(13)9-12-5-4-8-16-10-12/h3,6-7,12,16H,4-5,8-11H2,1-2H3. The lowest BCUT2D eigenvalue weighted by Gasteiger charge is -2.24. The molecule has 0 aliphatic carbocycles. The second kappa shape index (κ2) is 6.76. The second-order valence-electron chi connectivity index (χ2n) is 4.95. The number of ether oxygens (including phenoxy) is 2. The smallest absolute Gasteiger partial charge is 0.122 e. The zero-order chi connectivity index (χ0) is 12.8. The van der Waals surface area contributed by atoms with Gasteiger partial charge < -0.3 is 14.8 Å². The normalized spacial score (nSPS) is 19.8. The highest BCUT2D eigenvalue weighted by Gasteiger charge is 2.17. The molecule has 18 heavy (non-hydrogen) atoms. The molecule has 1 aromatic rings. The third kappa shape index (κ3) is 3.24. The molecule has 1 aromatic carbocycles. The van der Waals surface area contributed by atoms with Crippen LogP contribution < -0.4 is 10.1 Å². The van der Waals surface area contributed by atoms with E-state index in [1.165, 1.54) is 24.0 Å². The lowest BCUT2D eigenvalue weighted by Crippen LogP contribution is -2.31. The lowest BCUT2D eigenvalue weighted by atomic mass is 9.90. The highest BCUT2D eigenvalue weighted by atomic mass is 16.5. The summed E-state index contributed by atoms with van der Waals surface area (Å²) in [6, 6.07) is 6.22. The maximum absolute atomic E-state index is 5.50. The van der Waals surface area contributed by atoms with Crippen LogP contribution in [0.4, 0.5) is 0 Å². The first-order valence-corrected chi connectivity index (χ1v) is 6.69. The number of piperidine rings is 1. The second-order valence-corrected chi connectivity index (χ2v) is 4.95. The minimum Gasteiger partial charge on any atom is -0.496 e. The minimum atomic E-state index is 0.659. The zero-order valence-electron chi connectivity index (χ0n) is 11.4. The molecule has 0 bridgehead atoms. The van der Waals surface area contributed by atoms with E-state index in [0.717, 1.165) is 25.3 Å². The van der Waals surface area contributed by atoms with Gasteiger partial charge in [-0.15, -0.1) is 0 Å². The SMILES string of the molecule is COCc1cccc(OC)c1CC1CCCNC1. The van der Waals surface area contributed by atoms with E-state index >= 15 is 0 Å². The molecule has 2 rings (SSSR count). The summed E-state index contributed by atoms with van der Waals surface area (Å²) >= 11 is 0. The third-order valence-electron chi connectivity index (χ3n) is 3.64. The van der Waals surface area contributed by atoms with E-state index < -0.39 is 0 Å². The van der Waals surface area contributed by atoms with Crippen LogP contribution in [-0.4, -0.2) is 27.3 Å². The molecule has 1 N–H and O–H groups in total. The van der Waals surface area contributed by atoms with Gasteiger partial charge in [-0.1, -0.05) is 12.1 Å². The summed E-state index contributed by atoms with van der Waals surface area (Å²) in [6.45, 7) is 2.94. The summed E-state index contributed by atoms with van der Waals surface area (Å²) in [4.78, 5) is 0. The highest BCUT2D eigenvalue weighted by Crippen LogP contribution is 2.27. The number of hydrogen-bond acceptors (Lipinski definition) is 3. The fraction of sp³-hybridized carbons (Fsp3) is 0.600. The molecule has 1 atom stereocenters. The predicted octanol–water partition coefficient (Wildman–Crippen LogP) is 2.38. The average Bonchev–Trinajstić information content (AvgIpc) is 2.42. The van der Waals surface area contributed by atoms with Gasteiger partial charge in [0.05, 0.1) is 13.7 Å². The van der Waals surface area contributed by atoms with E-state index in [4.69, 9.17) is 9.47 Å². The fourth-order valence-electron chi connectivity index (χ4n) is 2.71. The van der Waals surface area contributed by atoms with Gasteiger partial charge in [0.1, 0.15) is 5.75 Å². The van der Waals surface area contributed by atoms with Crippen LogP contribution in [-0.2, 0) is 17.8 Å². The van der Waals surface area contributed by atoms with Gasteiger partial charge >= 0.3 is 0 Å². The van der Waals surface area contributed by atoms with Crippen molar-refractivity contribution in [2.24, 2.45) is 5.92 Å². The van der Waals surface area contributed by atoms with E-state index in [0.29, 0.717) is 12.5 Å². The highest BCUT2D eigenvalue weighted by molar-refractivity contribution is 5.40. The number of hydrogen-bond donors (Lipinski definition) is 1. The van der Waals surface area contributed by atoms with Crippen LogP contribution in [0.25, 0.3) is 0 Å². The van der Waals surface area contributed by atoms with Crippen molar-refractivity contribution in [3.8, 4) is 5.75 Å². The Hall–Kier alpha value is -1.06. The van der Waals surface area contributed by atoms with Crippen molar-refractivity contribution in [3.63, 3.8) is 0 Å². The van der Waals surface area contributed by atoms with Crippen LogP contribution in [0.15, 0.2) is 18.2 Å². The van der Waals surface area contributed by atoms with Gasteiger partial charge in [0.15, 0.2) is 0 Å². The largest absolute Gasteiger partial charge is 0.496 e. The molecule has 1 aliphatic heterocycles. The minimum absolute atomic E-state index is 0.659. The molecule has 100 valence electrons. The average molecular weight is 249 g/mol. The Morgan fingerprint density at radius 2 is 2.22 bits per heavy atom. The van der Waals surface area contributed by atoms with E-state index in [1.807, 2.05) is 12.1 Å². The Morgan fingerprint density at radius 3 is 2.89 bits per heavy atom. The Morgan fingerprint density at radius 1 is 1.33 bits per heavy atom. The van der Waals surface area contributed by atoms with Crippen LogP contribution in [0.2, 0.25) is 0 Å². The van der Waals surface area contributed by atoms with E-state index in [2.05, 4.69) is 11.4 Å². The summed E-state index contributed by atoms with van der Waals surface area (Å²) in [5.74, 6) is 1.71. The van der Waals surface area contributed by atoms with Crippen molar-refractivity contribution in [1.82, 2.24) is 5.32 Å². The number of benzene rings is 1. The maximum atomic E-state index is 5.50. The van der Waals surface area contributed by atoms with Crippen LogP contribution >= 0.6 is 0 Å². The van der Waals surface area contributed by atoms with Crippen molar-refractivity contribution in [3.05, 3.63) is 29.3 Å². The van der Waals surface area contributed by atoms with Crippen molar-refractivity contribution >= 4 is 0 Å². The molecule has 1 unspecified atom stereocenters. The molecule has 1 fully saturated rings. The summed E-state index contributed by atoms with van der Waals surface area (Å²) in [5.41, 5.74) is 2.57. The lowest BCUT2D eigenvalue weighted by molar-refractivity contribution is 0.183. The Labute approximate surface area is 109 Å². The van der Waals surface area contributed by atoms with Gasteiger partial charge in [-0.05, 0) is 55.5 Å². The Balaban J connectivity index is 2.16. The van der Waals surface area contributed by atoms with E-state index in [1.54, 1.807) is 14.2 Å². The van der Waals surface area contributed by atoms with E-state index in [9.17, 15) is 0 Å². The Bertz CT molecular complexity index is 373. The molecule has 1 aliphatic rings. The first-order valence-electron chi connectivity index (χ1n) is 6.69. The van der Waals surface area contributed by atoms with Gasteiger partial charge in [-0.3, -0.25) is 0 Å². The molecule has 0 saturated carbocycles. The third-order valence-corrected chi connectivity index (χ3v) is 3.64. The maximum Gasteiger partial charge on any atom is 0.122 e. The van der Waals surface area contributed by atoms with Crippen LogP contribution in [0.3, 0.4) is 0 Å². The van der Waals surface area contributed by atoms with Crippen molar-refractivity contribution in [1.29, 1.82) is 0 Å². The molecular weight excluding hydrogens is 226 g/mol. The van der Waals surface area contributed by atoms with Gasteiger partial charge in [0.25, 0.3) is 0 Å². The zero-order valence-corrected chi connectivity index (χ0v) is 11.4. The number of rotatable bonds is 5.